The molecule has 4 aromatic rings. The van der Waals surface area contributed by atoms with Gasteiger partial charge in [0.05, 0.1) is 19.9 Å². The van der Waals surface area contributed by atoms with Crippen LogP contribution >= 0.6 is 0 Å². The van der Waals surface area contributed by atoms with E-state index in [-0.39, 0.29) is 17.9 Å². The van der Waals surface area contributed by atoms with Gasteiger partial charge >= 0.3 is 0 Å². The van der Waals surface area contributed by atoms with Crippen LogP contribution in [0.15, 0.2) is 66.9 Å². The summed E-state index contributed by atoms with van der Waals surface area (Å²) in [7, 11) is 3.18. The molecule has 1 atom stereocenters. The Balaban J connectivity index is 1.39. The van der Waals surface area contributed by atoms with Crippen molar-refractivity contribution >= 4 is 17.5 Å². The molecule has 9 nitrogen and oxygen atoms in total. The quantitative estimate of drug-likeness (QED) is 0.401. The first kappa shape index (κ1) is 24.3. The van der Waals surface area contributed by atoms with Gasteiger partial charge in [-0.25, -0.2) is 9.50 Å². The van der Waals surface area contributed by atoms with E-state index in [2.05, 4.69) is 10.1 Å². The maximum Gasteiger partial charge on any atom is 0.274 e. The van der Waals surface area contributed by atoms with Gasteiger partial charge in [-0.15, -0.1) is 0 Å². The fourth-order valence-corrected chi connectivity index (χ4v) is 4.78. The van der Waals surface area contributed by atoms with E-state index in [1.54, 1.807) is 35.9 Å². The molecule has 0 radical (unpaired) electrons. The Morgan fingerprint density at radius 3 is 2.46 bits per heavy atom. The molecule has 0 aliphatic carbocycles. The zero-order valence-corrected chi connectivity index (χ0v) is 21.1. The molecule has 9 heteroatoms. The summed E-state index contributed by atoms with van der Waals surface area (Å²) in [5.41, 5.74) is 3.18. The Kier molecular flexibility index (Phi) is 6.76. The second-order valence-corrected chi connectivity index (χ2v) is 8.88. The molecule has 3 heterocycles. The van der Waals surface area contributed by atoms with Crippen LogP contribution in [0.1, 0.15) is 34.2 Å². The number of amides is 2. The van der Waals surface area contributed by atoms with E-state index in [1.807, 2.05) is 66.4 Å². The van der Waals surface area contributed by atoms with Crippen molar-refractivity contribution in [2.75, 3.05) is 33.9 Å². The molecule has 0 saturated carbocycles. The predicted molar refractivity (Wildman–Crippen MR) is 139 cm³/mol. The number of nitrogens with zero attached hydrogens (tertiary/aromatic N) is 5. The van der Waals surface area contributed by atoms with Crippen LogP contribution < -0.4 is 9.47 Å². The van der Waals surface area contributed by atoms with Crippen molar-refractivity contribution in [1.29, 1.82) is 0 Å². The summed E-state index contributed by atoms with van der Waals surface area (Å²) in [6.07, 6.45) is 2.44. The molecule has 0 N–H and O–H groups in total. The van der Waals surface area contributed by atoms with Gasteiger partial charge in [0.1, 0.15) is 0 Å². The van der Waals surface area contributed by atoms with Crippen molar-refractivity contribution in [2.45, 2.75) is 19.4 Å². The standard InChI is InChI=1S/C28H29N5O4/c1-4-21-18-31(14-15-32(21)27(34)19-8-6-5-7-9-19)28(35)22-17-26-29-13-12-23(33(26)30-22)20-10-11-24(36-2)25(16-20)37-3/h5-13,16-17,21H,4,14-15,18H2,1-3H3/t21-/m0/s1. The fourth-order valence-electron chi connectivity index (χ4n) is 4.78. The molecular weight excluding hydrogens is 470 g/mol. The summed E-state index contributed by atoms with van der Waals surface area (Å²) < 4.78 is 12.5. The number of ether oxygens (including phenoxy) is 2. The molecule has 1 fully saturated rings. The van der Waals surface area contributed by atoms with E-state index in [9.17, 15) is 9.59 Å². The Bertz CT molecular complexity index is 1440. The van der Waals surface area contributed by atoms with E-state index < -0.39 is 0 Å². The predicted octanol–water partition coefficient (Wildman–Crippen LogP) is 3.79. The summed E-state index contributed by atoms with van der Waals surface area (Å²) in [5, 5.41) is 4.63. The highest BCUT2D eigenvalue weighted by atomic mass is 16.5. The zero-order chi connectivity index (χ0) is 25.9. The zero-order valence-electron chi connectivity index (χ0n) is 21.1. The summed E-state index contributed by atoms with van der Waals surface area (Å²) in [6, 6.07) is 18.4. The van der Waals surface area contributed by atoms with Crippen LogP contribution in [-0.2, 0) is 0 Å². The number of piperazine rings is 1. The van der Waals surface area contributed by atoms with Crippen molar-refractivity contribution in [2.24, 2.45) is 0 Å². The number of methoxy groups -OCH3 is 2. The number of hydrogen-bond acceptors (Lipinski definition) is 6. The van der Waals surface area contributed by atoms with Crippen LogP contribution in [-0.4, -0.2) is 76.1 Å². The molecule has 1 aliphatic rings. The maximum atomic E-state index is 13.5. The summed E-state index contributed by atoms with van der Waals surface area (Å²) in [5.74, 6) is 1.05. The maximum absolute atomic E-state index is 13.5. The first-order valence-electron chi connectivity index (χ1n) is 12.3. The molecule has 1 saturated heterocycles. The van der Waals surface area contributed by atoms with Gasteiger partial charge in [0.15, 0.2) is 22.8 Å². The van der Waals surface area contributed by atoms with Gasteiger partial charge in [-0.1, -0.05) is 25.1 Å². The summed E-state index contributed by atoms with van der Waals surface area (Å²) in [4.78, 5) is 34.6. The van der Waals surface area contributed by atoms with Gasteiger partial charge in [-0.2, -0.15) is 5.10 Å². The molecule has 5 rings (SSSR count). The summed E-state index contributed by atoms with van der Waals surface area (Å²) in [6.45, 7) is 3.41. The molecule has 2 amide bonds. The lowest BCUT2D eigenvalue weighted by Crippen LogP contribution is -2.56. The molecule has 37 heavy (non-hydrogen) atoms. The van der Waals surface area contributed by atoms with E-state index in [1.165, 1.54) is 0 Å². The van der Waals surface area contributed by atoms with Crippen molar-refractivity contribution in [3.8, 4) is 22.8 Å². The number of fused-ring (bicyclic) bond motifs is 1. The largest absolute Gasteiger partial charge is 0.493 e. The van der Waals surface area contributed by atoms with Crippen LogP contribution in [0.5, 0.6) is 11.5 Å². The van der Waals surface area contributed by atoms with Crippen molar-refractivity contribution < 1.29 is 19.1 Å². The molecule has 1 aliphatic heterocycles. The third-order valence-electron chi connectivity index (χ3n) is 6.78. The Hall–Kier alpha value is -4.40. The van der Waals surface area contributed by atoms with Crippen LogP contribution in [0.3, 0.4) is 0 Å². The lowest BCUT2D eigenvalue weighted by atomic mass is 10.1. The van der Waals surface area contributed by atoms with Gasteiger partial charge < -0.3 is 19.3 Å². The molecule has 2 aromatic carbocycles. The second kappa shape index (κ2) is 10.3. The number of benzene rings is 2. The minimum atomic E-state index is -0.172. The van der Waals surface area contributed by atoms with Gasteiger partial charge in [0.25, 0.3) is 11.8 Å². The fraction of sp³-hybridized carbons (Fsp3) is 0.286. The van der Waals surface area contributed by atoms with Crippen molar-refractivity contribution in [3.63, 3.8) is 0 Å². The molecule has 0 spiro atoms. The Morgan fingerprint density at radius 2 is 1.73 bits per heavy atom. The number of rotatable bonds is 6. The van der Waals surface area contributed by atoms with Crippen LogP contribution in [0.25, 0.3) is 16.9 Å². The monoisotopic (exact) mass is 499 g/mol. The minimum Gasteiger partial charge on any atom is -0.493 e. The van der Waals surface area contributed by atoms with E-state index >= 15 is 0 Å². The molecule has 0 unspecified atom stereocenters. The highest BCUT2D eigenvalue weighted by molar-refractivity contribution is 5.96. The first-order chi connectivity index (χ1) is 18.0. The first-order valence-corrected chi connectivity index (χ1v) is 12.3. The topological polar surface area (TPSA) is 89.3 Å². The minimum absolute atomic E-state index is 0.00367. The van der Waals surface area contributed by atoms with Gasteiger partial charge in [0.2, 0.25) is 0 Å². The van der Waals surface area contributed by atoms with E-state index in [4.69, 9.17) is 9.47 Å². The number of aromatic nitrogens is 3. The molecule has 0 bridgehead atoms. The number of carbonyl (C=O) groups is 2. The van der Waals surface area contributed by atoms with E-state index in [0.717, 1.165) is 17.7 Å². The number of carbonyl (C=O) groups excluding carboxylic acids is 2. The molecular formula is C28H29N5O4. The second-order valence-electron chi connectivity index (χ2n) is 8.88. The number of hydrogen-bond donors (Lipinski definition) is 0. The van der Waals surface area contributed by atoms with E-state index in [0.29, 0.717) is 48.0 Å². The average molecular weight is 500 g/mol. The third kappa shape index (κ3) is 4.60. The normalized spacial score (nSPS) is 15.6. The van der Waals surface area contributed by atoms with Crippen LogP contribution in [0.4, 0.5) is 0 Å². The summed E-state index contributed by atoms with van der Waals surface area (Å²) >= 11 is 0. The van der Waals surface area contributed by atoms with Crippen LogP contribution in [0, 0.1) is 0 Å². The lowest BCUT2D eigenvalue weighted by Gasteiger charge is -2.41. The van der Waals surface area contributed by atoms with Crippen molar-refractivity contribution in [3.05, 3.63) is 78.1 Å². The third-order valence-corrected chi connectivity index (χ3v) is 6.78. The molecule has 190 valence electrons. The van der Waals surface area contributed by atoms with Gasteiger partial charge in [-0.05, 0) is 42.8 Å². The van der Waals surface area contributed by atoms with Gasteiger partial charge in [-0.3, -0.25) is 9.59 Å². The molecule has 2 aromatic heterocycles. The Labute approximate surface area is 215 Å². The SMILES string of the molecule is CC[C@H]1CN(C(=O)c2cc3nccc(-c4ccc(OC)c(OC)c4)n3n2)CCN1C(=O)c1ccccc1. The van der Waals surface area contributed by atoms with Gasteiger partial charge in [0, 0.05) is 49.1 Å². The highest BCUT2D eigenvalue weighted by Gasteiger charge is 2.33. The van der Waals surface area contributed by atoms with Crippen molar-refractivity contribution in [1.82, 2.24) is 24.4 Å². The average Bonchev–Trinajstić information content (AvgIpc) is 3.40. The highest BCUT2D eigenvalue weighted by Crippen LogP contribution is 2.32. The Morgan fingerprint density at radius 1 is 0.946 bits per heavy atom. The smallest absolute Gasteiger partial charge is 0.274 e. The van der Waals surface area contributed by atoms with Crippen LogP contribution in [0.2, 0.25) is 0 Å². The lowest BCUT2D eigenvalue weighted by molar-refractivity contribution is 0.0377.